The van der Waals surface area contributed by atoms with Crippen LogP contribution in [0.2, 0.25) is 0 Å². The van der Waals surface area contributed by atoms with Gasteiger partial charge in [-0.3, -0.25) is 0 Å². The zero-order chi connectivity index (χ0) is 17.0. The van der Waals surface area contributed by atoms with Crippen molar-refractivity contribution in [3.05, 3.63) is 59.7 Å². The van der Waals surface area contributed by atoms with E-state index in [0.29, 0.717) is 11.1 Å². The lowest BCUT2D eigenvalue weighted by Crippen LogP contribution is -2.15. The number of carbonyl (C=O) groups excluding carboxylic acids is 2. The van der Waals surface area contributed by atoms with Crippen molar-refractivity contribution in [1.29, 1.82) is 0 Å². The standard InChI is InChI=1S/C18H20N2O3/c1-19(2)15-9-5-7-13(11-15)17(21)23-18(22)14-8-6-10-16(12-14)20(3)4/h5-12H,1-4H3. The molecule has 0 aromatic heterocycles. The molecule has 0 aliphatic rings. The van der Waals surface area contributed by atoms with Gasteiger partial charge in [0.25, 0.3) is 0 Å². The van der Waals surface area contributed by atoms with Crippen LogP contribution in [0, 0.1) is 0 Å². The second kappa shape index (κ2) is 6.96. The number of hydrogen-bond acceptors (Lipinski definition) is 5. The van der Waals surface area contributed by atoms with E-state index in [0.717, 1.165) is 11.4 Å². The fourth-order valence-corrected chi connectivity index (χ4v) is 2.02. The molecule has 0 heterocycles. The minimum atomic E-state index is -0.658. The fourth-order valence-electron chi connectivity index (χ4n) is 2.02. The van der Waals surface area contributed by atoms with Gasteiger partial charge in [-0.2, -0.15) is 0 Å². The van der Waals surface area contributed by atoms with Crippen molar-refractivity contribution in [1.82, 2.24) is 0 Å². The molecule has 0 aliphatic carbocycles. The highest BCUT2D eigenvalue weighted by Gasteiger charge is 2.16. The van der Waals surface area contributed by atoms with Gasteiger partial charge in [-0.1, -0.05) is 12.1 Å². The van der Waals surface area contributed by atoms with Crippen LogP contribution in [0.4, 0.5) is 11.4 Å². The minimum Gasteiger partial charge on any atom is -0.386 e. The van der Waals surface area contributed by atoms with Crippen LogP contribution in [0.1, 0.15) is 20.7 Å². The highest BCUT2D eigenvalue weighted by Crippen LogP contribution is 2.17. The summed E-state index contributed by atoms with van der Waals surface area (Å²) in [6.45, 7) is 0. The smallest absolute Gasteiger partial charge is 0.346 e. The molecule has 5 heteroatoms. The quantitative estimate of drug-likeness (QED) is 0.642. The molecule has 0 amide bonds. The summed E-state index contributed by atoms with van der Waals surface area (Å²) >= 11 is 0. The van der Waals surface area contributed by atoms with Crippen LogP contribution >= 0.6 is 0 Å². The number of nitrogens with zero attached hydrogens (tertiary/aromatic N) is 2. The molecule has 0 bridgehead atoms. The van der Waals surface area contributed by atoms with E-state index in [1.807, 2.05) is 50.1 Å². The van der Waals surface area contributed by atoms with E-state index in [2.05, 4.69) is 0 Å². The first-order valence-corrected chi connectivity index (χ1v) is 7.20. The van der Waals surface area contributed by atoms with Crippen LogP contribution in [-0.2, 0) is 4.74 Å². The van der Waals surface area contributed by atoms with Gasteiger partial charge in [0, 0.05) is 39.6 Å². The number of esters is 2. The van der Waals surface area contributed by atoms with Crippen molar-refractivity contribution in [2.24, 2.45) is 0 Å². The van der Waals surface area contributed by atoms with Gasteiger partial charge in [-0.15, -0.1) is 0 Å². The number of hydrogen-bond donors (Lipinski definition) is 0. The molecule has 5 nitrogen and oxygen atoms in total. The van der Waals surface area contributed by atoms with E-state index in [1.54, 1.807) is 36.4 Å². The average molecular weight is 312 g/mol. The van der Waals surface area contributed by atoms with E-state index in [9.17, 15) is 9.59 Å². The first-order chi connectivity index (χ1) is 10.9. The lowest BCUT2D eigenvalue weighted by molar-refractivity contribution is 0.0398. The molecule has 0 atom stereocenters. The summed E-state index contributed by atoms with van der Waals surface area (Å²) in [5.74, 6) is -1.32. The normalized spacial score (nSPS) is 10.1. The third kappa shape index (κ3) is 4.10. The molecule has 0 radical (unpaired) electrons. The molecule has 2 aromatic carbocycles. The molecule has 120 valence electrons. The van der Waals surface area contributed by atoms with E-state index in [4.69, 9.17) is 4.74 Å². The van der Waals surface area contributed by atoms with Gasteiger partial charge >= 0.3 is 11.9 Å². The minimum absolute atomic E-state index is 0.341. The molecular formula is C18H20N2O3. The molecule has 0 saturated carbocycles. The Morgan fingerprint density at radius 1 is 0.739 bits per heavy atom. The van der Waals surface area contributed by atoms with Gasteiger partial charge < -0.3 is 14.5 Å². The Morgan fingerprint density at radius 3 is 1.48 bits per heavy atom. The van der Waals surface area contributed by atoms with Crippen LogP contribution in [0.15, 0.2) is 48.5 Å². The first kappa shape index (κ1) is 16.5. The van der Waals surface area contributed by atoms with Crippen LogP contribution in [-0.4, -0.2) is 40.1 Å². The van der Waals surface area contributed by atoms with Gasteiger partial charge in [-0.05, 0) is 36.4 Å². The molecule has 0 fully saturated rings. The van der Waals surface area contributed by atoms with Crippen LogP contribution < -0.4 is 9.80 Å². The SMILES string of the molecule is CN(C)c1cccc(C(=O)OC(=O)c2cccc(N(C)C)c2)c1. The summed E-state index contributed by atoms with van der Waals surface area (Å²) in [6.07, 6.45) is 0. The fraction of sp³-hybridized carbons (Fsp3) is 0.222. The Morgan fingerprint density at radius 2 is 1.13 bits per heavy atom. The lowest BCUT2D eigenvalue weighted by atomic mass is 10.2. The molecule has 0 aliphatic heterocycles. The monoisotopic (exact) mass is 312 g/mol. The predicted molar refractivity (Wildman–Crippen MR) is 91.3 cm³/mol. The topological polar surface area (TPSA) is 49.9 Å². The summed E-state index contributed by atoms with van der Waals surface area (Å²) in [4.78, 5) is 28.0. The molecule has 0 N–H and O–H groups in total. The maximum Gasteiger partial charge on any atom is 0.346 e. The Kier molecular flexibility index (Phi) is 5.01. The first-order valence-electron chi connectivity index (χ1n) is 7.20. The highest BCUT2D eigenvalue weighted by atomic mass is 16.6. The van der Waals surface area contributed by atoms with Crippen LogP contribution in [0.3, 0.4) is 0 Å². The molecule has 0 unspecified atom stereocenters. The molecular weight excluding hydrogens is 292 g/mol. The van der Waals surface area contributed by atoms with Crippen molar-refractivity contribution in [2.75, 3.05) is 38.0 Å². The maximum absolute atomic E-state index is 12.2. The Balaban J connectivity index is 2.15. The third-order valence-corrected chi connectivity index (χ3v) is 3.38. The van der Waals surface area contributed by atoms with E-state index >= 15 is 0 Å². The van der Waals surface area contributed by atoms with Gasteiger partial charge in [0.1, 0.15) is 0 Å². The van der Waals surface area contributed by atoms with E-state index in [-0.39, 0.29) is 0 Å². The molecule has 2 aromatic rings. The van der Waals surface area contributed by atoms with E-state index in [1.165, 1.54) is 0 Å². The summed E-state index contributed by atoms with van der Waals surface area (Å²) in [5.41, 5.74) is 2.41. The van der Waals surface area contributed by atoms with Crippen molar-refractivity contribution in [3.63, 3.8) is 0 Å². The number of anilines is 2. The zero-order valence-electron chi connectivity index (χ0n) is 13.7. The molecule has 23 heavy (non-hydrogen) atoms. The Labute approximate surface area is 136 Å². The van der Waals surface area contributed by atoms with E-state index < -0.39 is 11.9 Å². The van der Waals surface area contributed by atoms with Crippen LogP contribution in [0.5, 0.6) is 0 Å². The van der Waals surface area contributed by atoms with Crippen molar-refractivity contribution < 1.29 is 14.3 Å². The van der Waals surface area contributed by atoms with Gasteiger partial charge in [0.2, 0.25) is 0 Å². The number of carbonyl (C=O) groups is 2. The number of rotatable bonds is 4. The predicted octanol–water partition coefficient (Wildman–Crippen LogP) is 2.82. The second-order valence-corrected chi connectivity index (χ2v) is 5.57. The zero-order valence-corrected chi connectivity index (χ0v) is 13.7. The van der Waals surface area contributed by atoms with Crippen molar-refractivity contribution >= 4 is 23.3 Å². The second-order valence-electron chi connectivity index (χ2n) is 5.57. The van der Waals surface area contributed by atoms with Crippen LogP contribution in [0.25, 0.3) is 0 Å². The van der Waals surface area contributed by atoms with Gasteiger partial charge in [-0.25, -0.2) is 9.59 Å². The summed E-state index contributed by atoms with van der Waals surface area (Å²) in [7, 11) is 7.51. The molecule has 0 spiro atoms. The number of benzene rings is 2. The van der Waals surface area contributed by atoms with Crippen molar-refractivity contribution in [3.8, 4) is 0 Å². The number of ether oxygens (including phenoxy) is 1. The molecule has 0 saturated heterocycles. The average Bonchev–Trinajstić information content (AvgIpc) is 2.54. The molecule has 2 rings (SSSR count). The Bertz CT molecular complexity index is 662. The Hall–Kier alpha value is -2.82. The maximum atomic E-state index is 12.2. The highest BCUT2D eigenvalue weighted by molar-refractivity contribution is 6.03. The largest absolute Gasteiger partial charge is 0.386 e. The summed E-state index contributed by atoms with van der Waals surface area (Å²) in [6, 6.07) is 13.9. The van der Waals surface area contributed by atoms with Crippen molar-refractivity contribution in [2.45, 2.75) is 0 Å². The third-order valence-electron chi connectivity index (χ3n) is 3.38. The lowest BCUT2D eigenvalue weighted by Gasteiger charge is -2.14. The van der Waals surface area contributed by atoms with Gasteiger partial charge in [0.05, 0.1) is 11.1 Å². The van der Waals surface area contributed by atoms with Gasteiger partial charge in [0.15, 0.2) is 0 Å². The summed E-state index contributed by atoms with van der Waals surface area (Å²) in [5, 5.41) is 0. The summed E-state index contributed by atoms with van der Waals surface area (Å²) < 4.78 is 4.98.